The van der Waals surface area contributed by atoms with Gasteiger partial charge in [0.05, 0.1) is 0 Å². The van der Waals surface area contributed by atoms with E-state index in [0.717, 1.165) is 11.1 Å². The zero-order chi connectivity index (χ0) is 13.0. The van der Waals surface area contributed by atoms with Crippen molar-refractivity contribution in [2.75, 3.05) is 7.05 Å². The minimum Gasteiger partial charge on any atom is -0.313 e. The molecule has 3 heteroatoms. The molecule has 0 aliphatic heterocycles. The summed E-state index contributed by atoms with van der Waals surface area (Å²) in [6.45, 7) is 0. The van der Waals surface area contributed by atoms with Crippen molar-refractivity contribution in [1.82, 2.24) is 5.32 Å². The average Bonchev–Trinajstić information content (AvgIpc) is 2.36. The fourth-order valence-electron chi connectivity index (χ4n) is 2.01. The number of hydrogen-bond donors (Lipinski definition) is 1. The molecule has 1 N–H and O–H groups in total. The molecule has 2 rings (SSSR count). The monoisotopic (exact) mass is 247 g/mol. The summed E-state index contributed by atoms with van der Waals surface area (Å²) in [6, 6.07) is 12.9. The van der Waals surface area contributed by atoms with Crippen LogP contribution in [0.1, 0.15) is 17.2 Å². The van der Waals surface area contributed by atoms with E-state index in [9.17, 15) is 8.78 Å². The third kappa shape index (κ3) is 3.14. The van der Waals surface area contributed by atoms with E-state index >= 15 is 0 Å². The molecule has 0 aliphatic rings. The fraction of sp³-hybridized carbons (Fsp3) is 0.200. The maximum atomic E-state index is 13.2. The molecule has 94 valence electrons. The highest BCUT2D eigenvalue weighted by Gasteiger charge is 2.11. The summed E-state index contributed by atoms with van der Waals surface area (Å²) in [5.41, 5.74) is 1.75. The molecule has 2 aromatic carbocycles. The summed E-state index contributed by atoms with van der Waals surface area (Å²) in [5, 5.41) is 3.12. The minimum atomic E-state index is -0.257. The lowest BCUT2D eigenvalue weighted by Gasteiger charge is -2.17. The van der Waals surface area contributed by atoms with Crippen LogP contribution in [0.4, 0.5) is 8.78 Å². The first-order valence-corrected chi connectivity index (χ1v) is 5.86. The van der Waals surface area contributed by atoms with Gasteiger partial charge in [-0.25, -0.2) is 8.78 Å². The Hall–Kier alpha value is -1.74. The van der Waals surface area contributed by atoms with Gasteiger partial charge in [0.15, 0.2) is 0 Å². The van der Waals surface area contributed by atoms with E-state index in [-0.39, 0.29) is 17.7 Å². The van der Waals surface area contributed by atoms with E-state index < -0.39 is 0 Å². The van der Waals surface area contributed by atoms with Crippen LogP contribution in [-0.2, 0) is 6.42 Å². The Labute approximate surface area is 105 Å². The van der Waals surface area contributed by atoms with Crippen LogP contribution >= 0.6 is 0 Å². The Balaban J connectivity index is 2.19. The maximum Gasteiger partial charge on any atom is 0.123 e. The van der Waals surface area contributed by atoms with Crippen molar-refractivity contribution in [3.63, 3.8) is 0 Å². The molecule has 1 atom stereocenters. The second-order valence-corrected chi connectivity index (χ2v) is 4.23. The van der Waals surface area contributed by atoms with E-state index in [4.69, 9.17) is 0 Å². The predicted octanol–water partition coefficient (Wildman–Crippen LogP) is 3.47. The minimum absolute atomic E-state index is 0.0255. The van der Waals surface area contributed by atoms with E-state index in [1.165, 1.54) is 24.3 Å². The molecule has 0 saturated carbocycles. The largest absolute Gasteiger partial charge is 0.313 e. The van der Waals surface area contributed by atoms with Crippen LogP contribution in [0.25, 0.3) is 0 Å². The topological polar surface area (TPSA) is 12.0 Å². The molecule has 0 aromatic heterocycles. The molecule has 18 heavy (non-hydrogen) atoms. The highest BCUT2D eigenvalue weighted by molar-refractivity contribution is 5.24. The van der Waals surface area contributed by atoms with Crippen molar-refractivity contribution in [2.24, 2.45) is 0 Å². The summed E-state index contributed by atoms with van der Waals surface area (Å²) in [4.78, 5) is 0. The Morgan fingerprint density at radius 3 is 2.28 bits per heavy atom. The van der Waals surface area contributed by atoms with E-state index in [0.29, 0.717) is 6.42 Å². The molecule has 0 amide bonds. The number of hydrogen-bond acceptors (Lipinski definition) is 1. The van der Waals surface area contributed by atoms with Crippen molar-refractivity contribution in [1.29, 1.82) is 0 Å². The van der Waals surface area contributed by atoms with Crippen LogP contribution in [0, 0.1) is 11.6 Å². The smallest absolute Gasteiger partial charge is 0.123 e. The van der Waals surface area contributed by atoms with Gasteiger partial charge >= 0.3 is 0 Å². The Bertz CT molecular complexity index is 525. The number of likely N-dealkylation sites (N-methyl/N-ethyl adjacent to an activating group) is 1. The number of rotatable bonds is 4. The standard InChI is InChI=1S/C15H15F2N/c1-18-15(12-5-3-7-14(17)10-12)9-11-4-2-6-13(16)8-11/h2-8,10,15,18H,9H2,1H3. The molecule has 0 aliphatic carbocycles. The van der Waals surface area contributed by atoms with Crippen molar-refractivity contribution < 1.29 is 8.78 Å². The van der Waals surface area contributed by atoms with Crippen molar-refractivity contribution in [3.05, 3.63) is 71.3 Å². The van der Waals surface area contributed by atoms with Gasteiger partial charge < -0.3 is 5.32 Å². The van der Waals surface area contributed by atoms with Crippen LogP contribution in [0.3, 0.4) is 0 Å². The van der Waals surface area contributed by atoms with Crippen LogP contribution < -0.4 is 5.32 Å². The van der Waals surface area contributed by atoms with E-state index in [2.05, 4.69) is 5.32 Å². The molecule has 1 nitrogen and oxygen atoms in total. The molecule has 1 unspecified atom stereocenters. The van der Waals surface area contributed by atoms with Crippen molar-refractivity contribution >= 4 is 0 Å². The molecule has 2 aromatic rings. The third-order valence-electron chi connectivity index (χ3n) is 2.93. The summed E-state index contributed by atoms with van der Waals surface area (Å²) in [6.07, 6.45) is 0.623. The molecule has 0 spiro atoms. The van der Waals surface area contributed by atoms with Gasteiger partial charge in [0, 0.05) is 6.04 Å². The zero-order valence-corrected chi connectivity index (χ0v) is 10.2. The molecule has 0 fully saturated rings. The second-order valence-electron chi connectivity index (χ2n) is 4.23. The molecule has 0 saturated heterocycles. The van der Waals surface area contributed by atoms with Crippen LogP contribution in [0.5, 0.6) is 0 Å². The molecular weight excluding hydrogens is 232 g/mol. The lowest BCUT2D eigenvalue weighted by molar-refractivity contribution is 0.572. The van der Waals surface area contributed by atoms with Crippen LogP contribution in [0.2, 0.25) is 0 Å². The fourth-order valence-corrected chi connectivity index (χ4v) is 2.01. The average molecular weight is 247 g/mol. The van der Waals surface area contributed by atoms with Gasteiger partial charge in [-0.3, -0.25) is 0 Å². The third-order valence-corrected chi connectivity index (χ3v) is 2.93. The second kappa shape index (κ2) is 5.74. The van der Waals surface area contributed by atoms with Gasteiger partial charge in [-0.1, -0.05) is 24.3 Å². The highest BCUT2D eigenvalue weighted by Crippen LogP contribution is 2.19. The van der Waals surface area contributed by atoms with Gasteiger partial charge in [-0.2, -0.15) is 0 Å². The molecule has 0 bridgehead atoms. The Morgan fingerprint density at radius 1 is 1.00 bits per heavy atom. The van der Waals surface area contributed by atoms with Gasteiger partial charge in [0.1, 0.15) is 11.6 Å². The zero-order valence-electron chi connectivity index (χ0n) is 10.2. The van der Waals surface area contributed by atoms with Gasteiger partial charge in [-0.05, 0) is 48.9 Å². The summed E-state index contributed by atoms with van der Waals surface area (Å²) in [5.74, 6) is -0.506. The van der Waals surface area contributed by atoms with Crippen LogP contribution in [-0.4, -0.2) is 7.05 Å². The summed E-state index contributed by atoms with van der Waals surface area (Å²) >= 11 is 0. The van der Waals surface area contributed by atoms with E-state index in [1.807, 2.05) is 19.2 Å². The Kier molecular flexibility index (Phi) is 4.05. The van der Waals surface area contributed by atoms with Gasteiger partial charge in [0.2, 0.25) is 0 Å². The lowest BCUT2D eigenvalue weighted by Crippen LogP contribution is -2.19. The number of benzene rings is 2. The maximum absolute atomic E-state index is 13.2. The highest BCUT2D eigenvalue weighted by atomic mass is 19.1. The summed E-state index contributed by atoms with van der Waals surface area (Å²) < 4.78 is 26.3. The van der Waals surface area contributed by atoms with Gasteiger partial charge in [0.25, 0.3) is 0 Å². The number of nitrogens with one attached hydrogen (secondary N) is 1. The van der Waals surface area contributed by atoms with Crippen LogP contribution in [0.15, 0.2) is 48.5 Å². The van der Waals surface area contributed by atoms with Crippen molar-refractivity contribution in [2.45, 2.75) is 12.5 Å². The van der Waals surface area contributed by atoms with E-state index in [1.54, 1.807) is 12.1 Å². The first kappa shape index (κ1) is 12.7. The predicted molar refractivity (Wildman–Crippen MR) is 68.3 cm³/mol. The molecule has 0 heterocycles. The van der Waals surface area contributed by atoms with Gasteiger partial charge in [-0.15, -0.1) is 0 Å². The quantitative estimate of drug-likeness (QED) is 0.872. The lowest BCUT2D eigenvalue weighted by atomic mass is 9.99. The first-order chi connectivity index (χ1) is 8.69. The van der Waals surface area contributed by atoms with Crippen molar-refractivity contribution in [3.8, 4) is 0 Å². The first-order valence-electron chi connectivity index (χ1n) is 5.86. The molecule has 0 radical (unpaired) electrons. The molecular formula is C15H15F2N. The SMILES string of the molecule is CNC(Cc1cccc(F)c1)c1cccc(F)c1. The Morgan fingerprint density at radius 2 is 1.67 bits per heavy atom. The number of halogens is 2. The summed E-state index contributed by atoms with van der Waals surface area (Å²) in [7, 11) is 1.81. The normalized spacial score (nSPS) is 12.4.